The highest BCUT2D eigenvalue weighted by Crippen LogP contribution is 2.21. The van der Waals surface area contributed by atoms with Crippen LogP contribution in [-0.2, 0) is 4.74 Å². The molecule has 0 bridgehead atoms. The van der Waals surface area contributed by atoms with Crippen LogP contribution in [0.3, 0.4) is 0 Å². The maximum absolute atomic E-state index is 12.1. The molecule has 0 aliphatic rings. The van der Waals surface area contributed by atoms with Crippen LogP contribution in [-0.4, -0.2) is 16.3 Å². The van der Waals surface area contributed by atoms with E-state index in [0.717, 1.165) is 5.39 Å². The summed E-state index contributed by atoms with van der Waals surface area (Å²) in [5.41, 5.74) is 0.872. The number of terminal acetylenes is 1. The van der Waals surface area contributed by atoms with Gasteiger partial charge in [-0.3, -0.25) is 4.57 Å². The molecule has 0 radical (unpaired) electrons. The van der Waals surface area contributed by atoms with Gasteiger partial charge in [-0.25, -0.2) is 4.79 Å². The molecule has 3 heteroatoms. The molecule has 0 N–H and O–H groups in total. The Labute approximate surface area is 106 Å². The monoisotopic (exact) mass is 241 g/mol. The lowest BCUT2D eigenvalue weighted by atomic mass is 10.1. The minimum absolute atomic E-state index is 0.416. The first kappa shape index (κ1) is 12.3. The van der Waals surface area contributed by atoms with E-state index in [4.69, 9.17) is 11.2 Å². The number of hydrogen-bond acceptors (Lipinski definition) is 2. The second-order valence-corrected chi connectivity index (χ2v) is 5.05. The average molecular weight is 241 g/mol. The molecular formula is C15H15NO2. The number of ether oxygens (including phenoxy) is 1. The summed E-state index contributed by atoms with van der Waals surface area (Å²) in [4.78, 5) is 12.1. The first-order valence-corrected chi connectivity index (χ1v) is 5.72. The van der Waals surface area contributed by atoms with Crippen LogP contribution in [0.4, 0.5) is 4.79 Å². The Kier molecular flexibility index (Phi) is 2.88. The normalized spacial score (nSPS) is 11.2. The van der Waals surface area contributed by atoms with E-state index in [2.05, 4.69) is 5.92 Å². The maximum Gasteiger partial charge on any atom is 0.419 e. The third-order valence-corrected chi connectivity index (χ3v) is 2.46. The first-order chi connectivity index (χ1) is 8.42. The minimum atomic E-state index is -0.529. The SMILES string of the molecule is C#Cc1cccc2ccn(C(=O)OC(C)(C)C)c12. The number of hydrogen-bond donors (Lipinski definition) is 0. The van der Waals surface area contributed by atoms with Gasteiger partial charge in [-0.15, -0.1) is 6.42 Å². The van der Waals surface area contributed by atoms with Crippen molar-refractivity contribution in [3.63, 3.8) is 0 Å². The molecule has 0 amide bonds. The zero-order valence-corrected chi connectivity index (χ0v) is 10.7. The van der Waals surface area contributed by atoms with Gasteiger partial charge in [0, 0.05) is 17.1 Å². The van der Waals surface area contributed by atoms with Crippen LogP contribution in [0.25, 0.3) is 10.9 Å². The van der Waals surface area contributed by atoms with Gasteiger partial charge in [0.25, 0.3) is 0 Å². The first-order valence-electron chi connectivity index (χ1n) is 5.72. The van der Waals surface area contributed by atoms with Crippen molar-refractivity contribution in [1.82, 2.24) is 4.57 Å². The van der Waals surface area contributed by atoms with E-state index in [1.807, 2.05) is 45.0 Å². The number of benzene rings is 1. The lowest BCUT2D eigenvalue weighted by molar-refractivity contribution is 0.0544. The molecule has 18 heavy (non-hydrogen) atoms. The molecule has 92 valence electrons. The summed E-state index contributed by atoms with van der Waals surface area (Å²) in [7, 11) is 0. The van der Waals surface area contributed by atoms with Crippen molar-refractivity contribution in [3.8, 4) is 12.3 Å². The van der Waals surface area contributed by atoms with Crippen LogP contribution in [0.5, 0.6) is 0 Å². The fourth-order valence-corrected chi connectivity index (χ4v) is 1.77. The Morgan fingerprint density at radius 3 is 2.67 bits per heavy atom. The largest absolute Gasteiger partial charge is 0.443 e. The van der Waals surface area contributed by atoms with Crippen molar-refractivity contribution in [2.75, 3.05) is 0 Å². The highest BCUT2D eigenvalue weighted by Gasteiger charge is 2.19. The Morgan fingerprint density at radius 2 is 2.06 bits per heavy atom. The Bertz CT molecular complexity index is 639. The van der Waals surface area contributed by atoms with Crippen LogP contribution in [0.2, 0.25) is 0 Å². The number of para-hydroxylation sites is 1. The van der Waals surface area contributed by atoms with Gasteiger partial charge in [0.1, 0.15) is 5.60 Å². The van der Waals surface area contributed by atoms with Crippen molar-refractivity contribution in [2.45, 2.75) is 26.4 Å². The molecule has 0 saturated heterocycles. The third kappa shape index (κ3) is 2.23. The molecule has 0 saturated carbocycles. The summed E-state index contributed by atoms with van der Waals surface area (Å²) >= 11 is 0. The molecule has 2 aromatic rings. The van der Waals surface area contributed by atoms with Gasteiger partial charge in [0.2, 0.25) is 0 Å². The van der Waals surface area contributed by atoms with Crippen LogP contribution in [0, 0.1) is 12.3 Å². The minimum Gasteiger partial charge on any atom is -0.443 e. The fourth-order valence-electron chi connectivity index (χ4n) is 1.77. The van der Waals surface area contributed by atoms with Gasteiger partial charge >= 0.3 is 6.09 Å². The van der Waals surface area contributed by atoms with E-state index >= 15 is 0 Å². The molecule has 3 nitrogen and oxygen atoms in total. The summed E-state index contributed by atoms with van der Waals surface area (Å²) in [5, 5.41) is 0.927. The average Bonchev–Trinajstić information content (AvgIpc) is 2.70. The number of carbonyl (C=O) groups excluding carboxylic acids is 1. The van der Waals surface area contributed by atoms with E-state index in [1.54, 1.807) is 6.20 Å². The predicted molar refractivity (Wildman–Crippen MR) is 71.5 cm³/mol. The molecule has 0 aliphatic heterocycles. The molecule has 0 fully saturated rings. The molecular weight excluding hydrogens is 226 g/mol. The van der Waals surface area contributed by atoms with E-state index in [9.17, 15) is 4.79 Å². The molecule has 0 unspecified atom stereocenters. The van der Waals surface area contributed by atoms with Gasteiger partial charge < -0.3 is 4.74 Å². The van der Waals surface area contributed by atoms with Gasteiger partial charge in [-0.2, -0.15) is 0 Å². The maximum atomic E-state index is 12.1. The van der Waals surface area contributed by atoms with Crippen molar-refractivity contribution >= 4 is 17.0 Å². The molecule has 0 spiro atoms. The molecule has 0 atom stereocenters. The summed E-state index contributed by atoms with van der Waals surface area (Å²) in [6.07, 6.45) is 6.72. The van der Waals surface area contributed by atoms with E-state index in [0.29, 0.717) is 11.1 Å². The Balaban J connectivity index is 2.53. The predicted octanol–water partition coefficient (Wildman–Crippen LogP) is 3.41. The number of rotatable bonds is 0. The van der Waals surface area contributed by atoms with E-state index in [-0.39, 0.29) is 0 Å². The van der Waals surface area contributed by atoms with Crippen LogP contribution in [0.15, 0.2) is 30.5 Å². The number of carbonyl (C=O) groups is 1. The highest BCUT2D eigenvalue weighted by atomic mass is 16.6. The molecule has 1 aromatic carbocycles. The molecule has 2 rings (SSSR count). The molecule has 1 heterocycles. The standard InChI is InChI=1S/C15H15NO2/c1-5-11-7-6-8-12-9-10-16(13(11)12)14(17)18-15(2,3)4/h1,6-10H,2-4H3. The number of nitrogens with zero attached hydrogens (tertiary/aromatic N) is 1. The number of aromatic nitrogens is 1. The van der Waals surface area contributed by atoms with Crippen molar-refractivity contribution in [3.05, 3.63) is 36.0 Å². The van der Waals surface area contributed by atoms with Crippen LogP contribution >= 0.6 is 0 Å². The molecule has 0 aliphatic carbocycles. The Morgan fingerprint density at radius 1 is 1.33 bits per heavy atom. The summed E-state index contributed by atoms with van der Waals surface area (Å²) in [6.45, 7) is 5.50. The second kappa shape index (κ2) is 4.23. The van der Waals surface area contributed by atoms with Crippen molar-refractivity contribution in [1.29, 1.82) is 0 Å². The van der Waals surface area contributed by atoms with Gasteiger partial charge in [0.05, 0.1) is 5.52 Å². The summed E-state index contributed by atoms with van der Waals surface area (Å²) < 4.78 is 6.80. The van der Waals surface area contributed by atoms with Gasteiger partial charge in [-0.05, 0) is 32.9 Å². The smallest absolute Gasteiger partial charge is 0.419 e. The van der Waals surface area contributed by atoms with Crippen molar-refractivity contribution < 1.29 is 9.53 Å². The quantitative estimate of drug-likeness (QED) is 0.662. The van der Waals surface area contributed by atoms with Crippen molar-refractivity contribution in [2.24, 2.45) is 0 Å². The highest BCUT2D eigenvalue weighted by molar-refractivity contribution is 5.93. The Hall–Kier alpha value is -2.21. The number of fused-ring (bicyclic) bond motifs is 1. The topological polar surface area (TPSA) is 31.2 Å². The zero-order valence-electron chi connectivity index (χ0n) is 10.7. The second-order valence-electron chi connectivity index (χ2n) is 5.05. The lowest BCUT2D eigenvalue weighted by Crippen LogP contribution is -2.26. The van der Waals surface area contributed by atoms with E-state index in [1.165, 1.54) is 4.57 Å². The zero-order chi connectivity index (χ0) is 13.3. The third-order valence-electron chi connectivity index (χ3n) is 2.46. The van der Waals surface area contributed by atoms with Gasteiger partial charge in [-0.1, -0.05) is 18.1 Å². The summed E-state index contributed by atoms with van der Waals surface area (Å²) in [6, 6.07) is 7.44. The van der Waals surface area contributed by atoms with Crippen LogP contribution < -0.4 is 0 Å². The fraction of sp³-hybridized carbons (Fsp3) is 0.267. The van der Waals surface area contributed by atoms with Crippen LogP contribution in [0.1, 0.15) is 26.3 Å². The lowest BCUT2D eigenvalue weighted by Gasteiger charge is -2.20. The van der Waals surface area contributed by atoms with Gasteiger partial charge in [0.15, 0.2) is 0 Å². The molecule has 1 aromatic heterocycles. The summed E-state index contributed by atoms with van der Waals surface area (Å²) in [5.74, 6) is 2.59. The van der Waals surface area contributed by atoms with E-state index < -0.39 is 11.7 Å².